The minimum absolute atomic E-state index is 0.115. The molecule has 0 aliphatic carbocycles. The van der Waals surface area contributed by atoms with Crippen LogP contribution in [0.15, 0.2) is 34.3 Å². The highest BCUT2D eigenvalue weighted by molar-refractivity contribution is 8.00. The molecule has 0 amide bonds. The number of halogens is 3. The van der Waals surface area contributed by atoms with E-state index in [1.807, 2.05) is 0 Å². The second-order valence-electron chi connectivity index (χ2n) is 6.36. The lowest BCUT2D eigenvalue weighted by atomic mass is 10.2. The molecule has 7 nitrogen and oxygen atoms in total. The highest BCUT2D eigenvalue weighted by atomic mass is 32.2. The lowest BCUT2D eigenvalue weighted by molar-refractivity contribution is -0.0328. The Bertz CT molecular complexity index is 981. The van der Waals surface area contributed by atoms with Crippen LogP contribution in [0.25, 0.3) is 0 Å². The number of alkyl halides is 3. The number of benzene rings is 1. The summed E-state index contributed by atoms with van der Waals surface area (Å²) in [5, 5.41) is 5.93. The first-order valence-corrected chi connectivity index (χ1v) is 10.6. The van der Waals surface area contributed by atoms with Crippen molar-refractivity contribution >= 4 is 33.3 Å². The predicted octanol–water partition coefficient (Wildman–Crippen LogP) is 3.31. The maximum Gasteiger partial charge on any atom is 0.446 e. The fraction of sp³-hybridized carbons (Fsp3) is 0.375. The number of hydrogen-bond acceptors (Lipinski definition) is 7. The van der Waals surface area contributed by atoms with E-state index in [2.05, 4.69) is 25.3 Å². The van der Waals surface area contributed by atoms with E-state index in [1.54, 1.807) is 13.8 Å². The van der Waals surface area contributed by atoms with Gasteiger partial charge in [-0.15, -0.1) is 0 Å². The minimum Gasteiger partial charge on any atom is -0.382 e. The summed E-state index contributed by atoms with van der Waals surface area (Å²) in [7, 11) is -4.13. The van der Waals surface area contributed by atoms with Crippen LogP contribution in [-0.4, -0.2) is 29.9 Å². The molecule has 12 heteroatoms. The van der Waals surface area contributed by atoms with Crippen molar-refractivity contribution < 1.29 is 21.6 Å². The maximum atomic E-state index is 12.9. The summed E-state index contributed by atoms with van der Waals surface area (Å²) < 4.78 is 66.6. The van der Waals surface area contributed by atoms with Gasteiger partial charge in [0.15, 0.2) is 0 Å². The molecule has 2 heterocycles. The summed E-state index contributed by atoms with van der Waals surface area (Å²) in [4.78, 5) is 7.52. The van der Waals surface area contributed by atoms with Gasteiger partial charge < -0.3 is 10.6 Å². The highest BCUT2D eigenvalue weighted by Crippen LogP contribution is 2.41. The Balaban J connectivity index is 1.95. The number of anilines is 2. The second-order valence-corrected chi connectivity index (χ2v) is 9.15. The molecule has 0 unspecified atom stereocenters. The molecule has 1 aromatic carbocycles. The number of fused-ring (bicyclic) bond motifs is 1. The van der Waals surface area contributed by atoms with Crippen molar-refractivity contribution in [2.45, 2.75) is 48.3 Å². The zero-order valence-electron chi connectivity index (χ0n) is 15.0. The van der Waals surface area contributed by atoms with Gasteiger partial charge in [0.1, 0.15) is 12.1 Å². The van der Waals surface area contributed by atoms with E-state index in [0.29, 0.717) is 24.3 Å². The third-order valence-electron chi connectivity index (χ3n) is 3.79. The Kier molecular flexibility index (Phi) is 5.73. The zero-order chi connectivity index (χ0) is 20.5. The fourth-order valence-electron chi connectivity index (χ4n) is 2.68. The third kappa shape index (κ3) is 4.86. The molecule has 1 aromatic heterocycles. The van der Waals surface area contributed by atoms with Gasteiger partial charge in [-0.2, -0.15) is 13.2 Å². The molecule has 28 heavy (non-hydrogen) atoms. The van der Waals surface area contributed by atoms with Gasteiger partial charge in [0, 0.05) is 35.3 Å². The molecule has 0 saturated carbocycles. The molecule has 3 N–H and O–H groups in total. The molecule has 1 aliphatic rings. The number of thioether (sulfide) groups is 1. The van der Waals surface area contributed by atoms with Crippen LogP contribution in [0, 0.1) is 0 Å². The Hall–Kier alpha value is -2.05. The van der Waals surface area contributed by atoms with Crippen LogP contribution in [0.5, 0.6) is 0 Å². The van der Waals surface area contributed by atoms with Gasteiger partial charge in [0.2, 0.25) is 0 Å². The minimum atomic E-state index is -4.55. The summed E-state index contributed by atoms with van der Waals surface area (Å²) in [6, 6.07) is 3.47. The summed E-state index contributed by atoms with van der Waals surface area (Å²) in [5.74, 6) is 0.115. The number of nitrogens with zero attached hydrogens (tertiary/aromatic N) is 2. The van der Waals surface area contributed by atoms with Gasteiger partial charge in [-0.3, -0.25) is 4.72 Å². The number of hydrogen-bond donors (Lipinski definition) is 3. The quantitative estimate of drug-likeness (QED) is 0.602. The number of rotatable bonds is 6. The lowest BCUT2D eigenvalue weighted by Crippen LogP contribution is -2.17. The van der Waals surface area contributed by atoms with Crippen LogP contribution in [0.4, 0.5) is 24.7 Å². The van der Waals surface area contributed by atoms with Gasteiger partial charge in [-0.05, 0) is 43.8 Å². The zero-order valence-corrected chi connectivity index (χ0v) is 16.6. The average Bonchev–Trinajstić information content (AvgIpc) is 3.04. The van der Waals surface area contributed by atoms with Crippen molar-refractivity contribution in [3.63, 3.8) is 0 Å². The first-order valence-electron chi connectivity index (χ1n) is 8.28. The number of nitrogens with one attached hydrogen (secondary N) is 3. The van der Waals surface area contributed by atoms with Gasteiger partial charge in [-0.1, -0.05) is 0 Å². The molecule has 0 saturated heterocycles. The molecule has 0 fully saturated rings. The molecule has 0 atom stereocenters. The first-order chi connectivity index (χ1) is 13.0. The van der Waals surface area contributed by atoms with E-state index >= 15 is 0 Å². The summed E-state index contributed by atoms with van der Waals surface area (Å²) in [6.07, 6.45) is 1.24. The van der Waals surface area contributed by atoms with Crippen LogP contribution < -0.4 is 15.4 Å². The molecule has 2 aromatic rings. The Morgan fingerprint density at radius 1 is 1.21 bits per heavy atom. The molecular weight excluding hydrogens is 415 g/mol. The van der Waals surface area contributed by atoms with Crippen molar-refractivity contribution in [3.05, 3.63) is 35.8 Å². The van der Waals surface area contributed by atoms with E-state index in [4.69, 9.17) is 0 Å². The van der Waals surface area contributed by atoms with Crippen molar-refractivity contribution in [2.24, 2.45) is 0 Å². The van der Waals surface area contributed by atoms with Gasteiger partial charge in [-0.25, -0.2) is 18.4 Å². The highest BCUT2D eigenvalue weighted by Gasteiger charge is 2.32. The average molecular weight is 433 g/mol. The topological polar surface area (TPSA) is 96.0 Å². The summed E-state index contributed by atoms with van der Waals surface area (Å²) in [5.41, 5.74) is -3.04. The summed E-state index contributed by atoms with van der Waals surface area (Å²) >= 11 is -0.364. The molecule has 152 valence electrons. The monoisotopic (exact) mass is 433 g/mol. The van der Waals surface area contributed by atoms with E-state index in [0.717, 1.165) is 6.07 Å². The van der Waals surface area contributed by atoms with Crippen molar-refractivity contribution in [3.8, 4) is 0 Å². The Labute approximate surface area is 164 Å². The Morgan fingerprint density at radius 2 is 1.96 bits per heavy atom. The van der Waals surface area contributed by atoms with E-state index in [9.17, 15) is 21.6 Å². The smallest absolute Gasteiger partial charge is 0.382 e. The van der Waals surface area contributed by atoms with E-state index in [-0.39, 0.29) is 39.1 Å². The second kappa shape index (κ2) is 7.76. The lowest BCUT2D eigenvalue weighted by Gasteiger charge is -2.17. The molecular formula is C16H18F3N5O2S2. The fourth-order valence-corrected chi connectivity index (χ4v) is 4.49. The van der Waals surface area contributed by atoms with Crippen molar-refractivity contribution in [2.75, 3.05) is 10.0 Å². The molecule has 0 spiro atoms. The Morgan fingerprint density at radius 3 is 2.64 bits per heavy atom. The van der Waals surface area contributed by atoms with Crippen molar-refractivity contribution in [1.82, 2.24) is 15.3 Å². The number of sulfonamides is 1. The molecule has 1 aliphatic heterocycles. The van der Waals surface area contributed by atoms with Crippen molar-refractivity contribution in [1.29, 1.82) is 0 Å². The van der Waals surface area contributed by atoms with Gasteiger partial charge >= 0.3 is 5.51 Å². The van der Waals surface area contributed by atoms with Crippen LogP contribution in [-0.2, 0) is 23.1 Å². The SMILES string of the molecule is CC(C)Nc1ccc(S(=O)(=O)Nc2ncnc3c2CNC3)cc1SC(F)(F)F. The standard InChI is InChI=1S/C16H18F3N5O2S2/c1-9(2)23-12-4-3-10(5-14(12)27-16(17,18)19)28(25,26)24-15-11-6-20-7-13(11)21-8-22-15/h3-5,8-9,20,23H,6-7H2,1-2H3,(H,21,22,24). The van der Waals surface area contributed by atoms with Crippen LogP contribution in [0.2, 0.25) is 0 Å². The van der Waals surface area contributed by atoms with E-state index in [1.165, 1.54) is 18.5 Å². The van der Waals surface area contributed by atoms with Gasteiger partial charge in [0.25, 0.3) is 10.0 Å². The van der Waals surface area contributed by atoms with Crippen LogP contribution in [0.1, 0.15) is 25.1 Å². The van der Waals surface area contributed by atoms with E-state index < -0.39 is 15.5 Å². The normalized spacial score (nSPS) is 14.2. The van der Waals surface area contributed by atoms with Gasteiger partial charge in [0.05, 0.1) is 10.6 Å². The molecule has 0 bridgehead atoms. The maximum absolute atomic E-state index is 12.9. The largest absolute Gasteiger partial charge is 0.446 e. The summed E-state index contributed by atoms with van der Waals surface area (Å²) in [6.45, 7) is 4.45. The number of aromatic nitrogens is 2. The molecule has 3 rings (SSSR count). The van der Waals surface area contributed by atoms with Crippen LogP contribution >= 0.6 is 11.8 Å². The first kappa shape index (κ1) is 20.7. The third-order valence-corrected chi connectivity index (χ3v) is 5.92. The molecule has 0 radical (unpaired) electrons. The van der Waals surface area contributed by atoms with Crippen LogP contribution in [0.3, 0.4) is 0 Å². The predicted molar refractivity (Wildman–Crippen MR) is 100 cm³/mol.